The number of carbonyl (C=O) groups is 1. The summed E-state index contributed by atoms with van der Waals surface area (Å²) in [6.07, 6.45) is 2.72. The molecule has 0 spiro atoms. The lowest BCUT2D eigenvalue weighted by atomic mass is 9.89. The maximum Gasteiger partial charge on any atom is 0.350 e. The summed E-state index contributed by atoms with van der Waals surface area (Å²) in [5, 5.41) is 0. The van der Waals surface area contributed by atoms with Crippen LogP contribution in [-0.2, 0) is 20.5 Å². The number of halogens is 1. The minimum atomic E-state index is -2.56. The van der Waals surface area contributed by atoms with E-state index in [2.05, 4.69) is 4.72 Å². The Morgan fingerprint density at radius 3 is 2.17 bits per heavy atom. The first kappa shape index (κ1) is 23.0. The fourth-order valence-corrected chi connectivity index (χ4v) is 3.51. The molecular formula is C23H28FNO3S. The van der Waals surface area contributed by atoms with Crippen LogP contribution < -0.4 is 4.72 Å². The van der Waals surface area contributed by atoms with Gasteiger partial charge in [-0.15, -0.1) is 0 Å². The summed E-state index contributed by atoms with van der Waals surface area (Å²) in [6.45, 7) is 7.00. The van der Waals surface area contributed by atoms with E-state index >= 15 is 4.39 Å². The first-order chi connectivity index (χ1) is 13.7. The van der Waals surface area contributed by atoms with E-state index in [0.29, 0.717) is 5.56 Å². The summed E-state index contributed by atoms with van der Waals surface area (Å²) in [7, 11) is -1.61. The highest BCUT2D eigenvalue weighted by molar-refractivity contribution is 7.84. The van der Waals surface area contributed by atoms with Gasteiger partial charge in [-0.25, -0.2) is 18.1 Å². The molecular weight excluding hydrogens is 389 g/mol. The predicted molar refractivity (Wildman–Crippen MR) is 116 cm³/mol. The average Bonchev–Trinajstić information content (AvgIpc) is 2.71. The smallest absolute Gasteiger partial charge is 0.350 e. The van der Waals surface area contributed by atoms with Crippen molar-refractivity contribution in [2.24, 2.45) is 0 Å². The van der Waals surface area contributed by atoms with E-state index in [1.54, 1.807) is 70.2 Å². The van der Waals surface area contributed by atoms with Crippen LogP contribution in [0.25, 0.3) is 6.08 Å². The number of rotatable bonds is 8. The van der Waals surface area contributed by atoms with Crippen molar-refractivity contribution in [3.63, 3.8) is 0 Å². The number of hydrogen-bond donors (Lipinski definition) is 1. The second kappa shape index (κ2) is 9.94. The van der Waals surface area contributed by atoms with Gasteiger partial charge >= 0.3 is 5.97 Å². The molecule has 2 rings (SSSR count). The molecule has 0 fully saturated rings. The van der Waals surface area contributed by atoms with Gasteiger partial charge < -0.3 is 4.74 Å². The maximum atomic E-state index is 16.4. The molecule has 1 N–H and O–H groups in total. The van der Waals surface area contributed by atoms with Crippen LogP contribution in [0, 0.1) is 0 Å². The van der Waals surface area contributed by atoms with Crippen LogP contribution in [0.4, 0.5) is 4.39 Å². The molecule has 6 heteroatoms. The Kier molecular flexibility index (Phi) is 7.88. The lowest BCUT2D eigenvalue weighted by Gasteiger charge is -2.32. The normalized spacial score (nSPS) is 16.2. The van der Waals surface area contributed by atoms with Crippen molar-refractivity contribution in [3.05, 3.63) is 77.9 Å². The molecule has 2 aromatic carbocycles. The van der Waals surface area contributed by atoms with Crippen LogP contribution in [0.15, 0.2) is 66.7 Å². The summed E-state index contributed by atoms with van der Waals surface area (Å²) < 4.78 is 36.5. The Balaban J connectivity index is 2.55. The largest absolute Gasteiger partial charge is 0.463 e. The Bertz CT molecular complexity index is 849. The van der Waals surface area contributed by atoms with Crippen molar-refractivity contribution in [1.29, 1.82) is 0 Å². The Labute approximate surface area is 174 Å². The summed E-state index contributed by atoms with van der Waals surface area (Å²) >= 11 is 0. The van der Waals surface area contributed by atoms with Gasteiger partial charge in [0, 0.05) is 0 Å². The van der Waals surface area contributed by atoms with Gasteiger partial charge in [-0.1, -0.05) is 66.7 Å². The molecule has 156 valence electrons. The van der Waals surface area contributed by atoms with E-state index in [9.17, 15) is 9.00 Å². The van der Waals surface area contributed by atoms with Gasteiger partial charge in [-0.2, -0.15) is 0 Å². The number of alkyl halides is 1. The topological polar surface area (TPSA) is 55.4 Å². The number of hydrogen-bond acceptors (Lipinski definition) is 3. The van der Waals surface area contributed by atoms with Crippen molar-refractivity contribution < 1.29 is 18.1 Å². The molecule has 0 bridgehead atoms. The summed E-state index contributed by atoms with van der Waals surface area (Å²) in [4.78, 5) is 12.7. The second-order valence-electron chi connectivity index (χ2n) is 7.58. The van der Waals surface area contributed by atoms with Crippen molar-refractivity contribution >= 4 is 23.0 Å². The van der Waals surface area contributed by atoms with Crippen molar-refractivity contribution in [2.75, 3.05) is 6.61 Å². The van der Waals surface area contributed by atoms with E-state index in [1.165, 1.54) is 12.2 Å². The van der Waals surface area contributed by atoms with Crippen LogP contribution in [0.3, 0.4) is 0 Å². The van der Waals surface area contributed by atoms with Crippen LogP contribution in [0.1, 0.15) is 44.9 Å². The molecule has 0 aliphatic carbocycles. The number of benzene rings is 2. The van der Waals surface area contributed by atoms with E-state index < -0.39 is 33.4 Å². The third-order valence-electron chi connectivity index (χ3n) is 4.24. The number of ether oxygens (including phenoxy) is 1. The second-order valence-corrected chi connectivity index (χ2v) is 9.57. The molecule has 2 aromatic rings. The minimum Gasteiger partial charge on any atom is -0.463 e. The zero-order chi connectivity index (χ0) is 21.5. The highest BCUT2D eigenvalue weighted by atomic mass is 32.2. The highest BCUT2D eigenvalue weighted by Crippen LogP contribution is 2.34. The fourth-order valence-electron chi connectivity index (χ4n) is 2.63. The van der Waals surface area contributed by atoms with Crippen LogP contribution in [0.2, 0.25) is 0 Å². The molecule has 0 amide bonds. The van der Waals surface area contributed by atoms with Crippen LogP contribution in [-0.4, -0.2) is 27.2 Å². The predicted octanol–water partition coefficient (Wildman–Crippen LogP) is 4.76. The summed E-state index contributed by atoms with van der Waals surface area (Å²) in [6, 6.07) is 16.6. The molecule has 0 saturated heterocycles. The zero-order valence-electron chi connectivity index (χ0n) is 17.2. The molecule has 0 saturated carbocycles. The Morgan fingerprint density at radius 2 is 1.66 bits per heavy atom. The number of esters is 1. The van der Waals surface area contributed by atoms with E-state index in [0.717, 1.165) is 5.56 Å². The monoisotopic (exact) mass is 417 g/mol. The van der Waals surface area contributed by atoms with E-state index in [-0.39, 0.29) is 6.61 Å². The van der Waals surface area contributed by atoms with Gasteiger partial charge in [0.05, 0.1) is 28.4 Å². The molecule has 29 heavy (non-hydrogen) atoms. The molecule has 0 heterocycles. The van der Waals surface area contributed by atoms with Crippen LogP contribution >= 0.6 is 0 Å². The highest BCUT2D eigenvalue weighted by Gasteiger charge is 2.48. The van der Waals surface area contributed by atoms with Gasteiger partial charge in [0.2, 0.25) is 5.67 Å². The van der Waals surface area contributed by atoms with E-state index in [4.69, 9.17) is 4.74 Å². The van der Waals surface area contributed by atoms with Gasteiger partial charge in [-0.05, 0) is 44.9 Å². The number of nitrogens with one attached hydrogen (secondary N) is 1. The number of carbonyl (C=O) groups excluding carboxylic acids is 1. The third kappa shape index (κ3) is 6.08. The Hall–Kier alpha value is -2.31. The van der Waals surface area contributed by atoms with Gasteiger partial charge in [0.15, 0.2) is 0 Å². The zero-order valence-corrected chi connectivity index (χ0v) is 18.0. The molecule has 3 atom stereocenters. The maximum absolute atomic E-state index is 16.4. The quantitative estimate of drug-likeness (QED) is 0.630. The SMILES string of the molecule is CCOC(=O)[C@](F)(/C=C/c1ccccc1)[C@H](N[S@](=O)C(C)(C)C)c1ccccc1. The minimum absolute atomic E-state index is 0.0353. The standard InChI is InChI=1S/C23H28FNO3S/c1-5-28-21(26)23(24,17-16-18-12-8-6-9-13-18)20(19-14-10-7-11-15-19)25-29(27)22(2,3)4/h6-17,20,25H,5H2,1-4H3/b17-16+/t20-,23+,29-/m1/s1. The van der Waals surface area contributed by atoms with Crippen molar-refractivity contribution in [2.45, 2.75) is 44.2 Å². The Morgan fingerprint density at radius 1 is 1.10 bits per heavy atom. The molecule has 0 aromatic heterocycles. The lowest BCUT2D eigenvalue weighted by molar-refractivity contribution is -0.155. The molecule has 0 radical (unpaired) electrons. The molecule has 4 nitrogen and oxygen atoms in total. The fraction of sp³-hybridized carbons (Fsp3) is 0.348. The molecule has 0 aliphatic rings. The third-order valence-corrected chi connectivity index (χ3v) is 5.80. The first-order valence-electron chi connectivity index (χ1n) is 9.52. The summed E-state index contributed by atoms with van der Waals surface area (Å²) in [5.41, 5.74) is -1.32. The molecule has 0 unspecified atom stereocenters. The van der Waals surface area contributed by atoms with E-state index in [1.807, 2.05) is 18.2 Å². The lowest BCUT2D eigenvalue weighted by Crippen LogP contribution is -2.49. The van der Waals surface area contributed by atoms with Gasteiger partial charge in [0.25, 0.3) is 0 Å². The van der Waals surface area contributed by atoms with Crippen molar-refractivity contribution in [1.82, 2.24) is 4.72 Å². The average molecular weight is 418 g/mol. The van der Waals surface area contributed by atoms with Gasteiger partial charge in [-0.3, -0.25) is 0 Å². The summed E-state index contributed by atoms with van der Waals surface area (Å²) in [5.74, 6) is -1.03. The van der Waals surface area contributed by atoms with Crippen LogP contribution in [0.5, 0.6) is 0 Å². The van der Waals surface area contributed by atoms with Gasteiger partial charge in [0.1, 0.15) is 0 Å². The molecule has 0 aliphatic heterocycles. The van der Waals surface area contributed by atoms with Crippen molar-refractivity contribution in [3.8, 4) is 0 Å². The first-order valence-corrected chi connectivity index (χ1v) is 10.7.